The van der Waals surface area contributed by atoms with Crippen LogP contribution in [0.3, 0.4) is 0 Å². The van der Waals surface area contributed by atoms with Crippen LogP contribution in [0.15, 0.2) is 77.6 Å². The van der Waals surface area contributed by atoms with E-state index < -0.39 is 0 Å². The summed E-state index contributed by atoms with van der Waals surface area (Å²) in [5.74, 6) is 1.62. The second-order valence-electron chi connectivity index (χ2n) is 6.85. The van der Waals surface area contributed by atoms with E-state index in [1.165, 1.54) is 0 Å². The fraction of sp³-hybridized carbons (Fsp3) is 0.136. The molecule has 1 N–H and O–H groups in total. The molecular weight excluding hydrogens is 384 g/mol. The Kier molecular flexibility index (Phi) is 4.65. The zero-order chi connectivity index (χ0) is 20.3. The lowest BCUT2D eigenvalue weighted by molar-refractivity contribution is 0.0759. The molecule has 0 saturated heterocycles. The monoisotopic (exact) mass is 402 g/mol. The van der Waals surface area contributed by atoms with Crippen LogP contribution in [0, 0.1) is 0 Å². The van der Waals surface area contributed by atoms with E-state index in [9.17, 15) is 4.79 Å². The Balaban J connectivity index is 1.21. The zero-order valence-corrected chi connectivity index (χ0v) is 15.9. The quantitative estimate of drug-likeness (QED) is 0.548. The molecule has 1 aliphatic heterocycles. The lowest BCUT2D eigenvalue weighted by Gasteiger charge is -2.26. The van der Waals surface area contributed by atoms with Crippen molar-refractivity contribution in [3.05, 3.63) is 78.8 Å². The molecule has 0 spiro atoms. The first-order valence-corrected chi connectivity index (χ1v) is 9.49. The van der Waals surface area contributed by atoms with Crippen molar-refractivity contribution < 1.29 is 18.8 Å². The molecule has 1 amide bonds. The first-order chi connectivity index (χ1) is 14.7. The van der Waals surface area contributed by atoms with E-state index in [-0.39, 0.29) is 17.7 Å². The number of anilines is 1. The molecule has 0 bridgehead atoms. The smallest absolute Gasteiger partial charge is 0.277 e. The number of rotatable bonds is 5. The lowest BCUT2D eigenvalue weighted by atomic mass is 10.1. The summed E-state index contributed by atoms with van der Waals surface area (Å²) in [5.41, 5.74) is 1.61. The molecule has 0 fully saturated rings. The summed E-state index contributed by atoms with van der Waals surface area (Å²) in [4.78, 5) is 12.5. The number of ether oxygens (including phenoxy) is 2. The topological polar surface area (TPSA) is 91.4 Å². The van der Waals surface area contributed by atoms with Crippen molar-refractivity contribution in [2.24, 2.45) is 0 Å². The molecular formula is C22H18N4O4. The number of hydrogen-bond acceptors (Lipinski definition) is 6. The van der Waals surface area contributed by atoms with Gasteiger partial charge in [-0.25, -0.2) is 0 Å². The first kappa shape index (κ1) is 18.0. The number of carbonyl (C=O) groups is 1. The molecule has 3 heterocycles. The van der Waals surface area contributed by atoms with Crippen LogP contribution in [-0.4, -0.2) is 33.6 Å². The highest BCUT2D eigenvalue weighted by molar-refractivity contribution is 6.03. The second kappa shape index (κ2) is 7.75. The predicted octanol–water partition coefficient (Wildman–Crippen LogP) is 3.63. The van der Waals surface area contributed by atoms with Crippen LogP contribution in [0.2, 0.25) is 0 Å². The third-order valence-electron chi connectivity index (χ3n) is 4.65. The summed E-state index contributed by atoms with van der Waals surface area (Å²) >= 11 is 0. The van der Waals surface area contributed by atoms with Crippen LogP contribution in [-0.2, 0) is 6.54 Å². The number of para-hydroxylation sites is 2. The fourth-order valence-electron chi connectivity index (χ4n) is 3.21. The van der Waals surface area contributed by atoms with E-state index in [0.29, 0.717) is 24.6 Å². The van der Waals surface area contributed by atoms with Crippen LogP contribution < -0.4 is 14.8 Å². The van der Waals surface area contributed by atoms with E-state index >= 15 is 0 Å². The Morgan fingerprint density at radius 2 is 1.90 bits per heavy atom. The molecule has 2 aromatic carbocycles. The molecule has 0 saturated carbocycles. The molecule has 30 heavy (non-hydrogen) atoms. The van der Waals surface area contributed by atoms with Gasteiger partial charge in [0.1, 0.15) is 6.61 Å². The van der Waals surface area contributed by atoms with Crippen LogP contribution in [0.25, 0.3) is 11.3 Å². The van der Waals surface area contributed by atoms with Crippen LogP contribution >= 0.6 is 0 Å². The normalized spacial score (nSPS) is 15.0. The minimum absolute atomic E-state index is 0.174. The minimum Gasteiger partial charge on any atom is -0.486 e. The van der Waals surface area contributed by atoms with Crippen molar-refractivity contribution in [2.45, 2.75) is 12.6 Å². The van der Waals surface area contributed by atoms with Gasteiger partial charge in [-0.3, -0.25) is 9.48 Å². The van der Waals surface area contributed by atoms with Crippen molar-refractivity contribution in [2.75, 3.05) is 11.9 Å². The molecule has 4 aromatic rings. The van der Waals surface area contributed by atoms with Crippen molar-refractivity contribution in [3.8, 4) is 22.8 Å². The second-order valence-corrected chi connectivity index (χ2v) is 6.85. The maximum absolute atomic E-state index is 12.5. The summed E-state index contributed by atoms with van der Waals surface area (Å²) in [5, 5.41) is 10.9. The Labute approximate surface area is 172 Å². The van der Waals surface area contributed by atoms with Gasteiger partial charge >= 0.3 is 0 Å². The predicted molar refractivity (Wildman–Crippen MR) is 108 cm³/mol. The summed E-state index contributed by atoms with van der Waals surface area (Å²) < 4.78 is 18.7. The molecule has 1 unspecified atom stereocenters. The standard InChI is InChI=1S/C22H18N4O4/c27-22(18-10-21(30-25-18)15-6-2-1-3-7-15)24-16-11-23-26(12-16)13-17-14-28-19-8-4-5-9-20(19)29-17/h1-12,17H,13-14H2,(H,24,27). The zero-order valence-electron chi connectivity index (χ0n) is 15.9. The van der Waals surface area contributed by atoms with Crippen LogP contribution in [0.4, 0.5) is 5.69 Å². The number of nitrogens with zero attached hydrogens (tertiary/aromatic N) is 3. The van der Waals surface area contributed by atoms with Crippen molar-refractivity contribution in [1.82, 2.24) is 14.9 Å². The largest absolute Gasteiger partial charge is 0.486 e. The number of carbonyl (C=O) groups excluding carboxylic acids is 1. The summed E-state index contributed by atoms with van der Waals surface area (Å²) in [7, 11) is 0. The van der Waals surface area contributed by atoms with Gasteiger partial charge in [0.2, 0.25) is 0 Å². The van der Waals surface area contributed by atoms with E-state index in [2.05, 4.69) is 15.6 Å². The number of benzene rings is 2. The summed E-state index contributed by atoms with van der Waals surface area (Å²) in [6.07, 6.45) is 3.14. The lowest BCUT2D eigenvalue weighted by Crippen LogP contribution is -2.33. The Morgan fingerprint density at radius 1 is 1.10 bits per heavy atom. The first-order valence-electron chi connectivity index (χ1n) is 9.49. The molecule has 0 radical (unpaired) electrons. The van der Waals surface area contributed by atoms with Gasteiger partial charge in [0.25, 0.3) is 5.91 Å². The van der Waals surface area contributed by atoms with E-state index in [4.69, 9.17) is 14.0 Å². The van der Waals surface area contributed by atoms with Gasteiger partial charge < -0.3 is 19.3 Å². The van der Waals surface area contributed by atoms with Gasteiger partial charge in [-0.05, 0) is 12.1 Å². The maximum atomic E-state index is 12.5. The van der Waals surface area contributed by atoms with Crippen molar-refractivity contribution in [1.29, 1.82) is 0 Å². The van der Waals surface area contributed by atoms with Crippen molar-refractivity contribution in [3.63, 3.8) is 0 Å². The van der Waals surface area contributed by atoms with Gasteiger partial charge in [0.05, 0.1) is 18.4 Å². The van der Waals surface area contributed by atoms with Gasteiger partial charge in [-0.1, -0.05) is 47.6 Å². The number of aromatic nitrogens is 3. The Bertz CT molecular complexity index is 1170. The molecule has 8 nitrogen and oxygen atoms in total. The fourth-order valence-corrected chi connectivity index (χ4v) is 3.21. The molecule has 150 valence electrons. The Morgan fingerprint density at radius 3 is 2.77 bits per heavy atom. The van der Waals surface area contributed by atoms with E-state index in [1.807, 2.05) is 54.6 Å². The highest BCUT2D eigenvalue weighted by Crippen LogP contribution is 2.31. The Hall–Kier alpha value is -4.07. The summed E-state index contributed by atoms with van der Waals surface area (Å²) in [6, 6.07) is 18.6. The number of nitrogens with one attached hydrogen (secondary N) is 1. The number of amides is 1. The highest BCUT2D eigenvalue weighted by atomic mass is 16.6. The number of hydrogen-bond donors (Lipinski definition) is 1. The van der Waals surface area contributed by atoms with Gasteiger partial charge in [0.15, 0.2) is 29.1 Å². The average molecular weight is 402 g/mol. The third-order valence-corrected chi connectivity index (χ3v) is 4.65. The SMILES string of the molecule is O=C(Nc1cnn(CC2COc3ccccc3O2)c1)c1cc(-c2ccccc2)on1. The van der Waals surface area contributed by atoms with Crippen LogP contribution in [0.5, 0.6) is 11.5 Å². The molecule has 1 aliphatic rings. The van der Waals surface area contributed by atoms with Gasteiger partial charge in [0, 0.05) is 17.8 Å². The molecule has 0 aliphatic carbocycles. The van der Waals surface area contributed by atoms with Gasteiger partial charge in [-0.15, -0.1) is 0 Å². The van der Waals surface area contributed by atoms with Crippen molar-refractivity contribution >= 4 is 11.6 Å². The third kappa shape index (κ3) is 3.75. The van der Waals surface area contributed by atoms with Gasteiger partial charge in [-0.2, -0.15) is 5.10 Å². The number of fused-ring (bicyclic) bond motifs is 1. The van der Waals surface area contributed by atoms with E-state index in [0.717, 1.165) is 17.1 Å². The highest BCUT2D eigenvalue weighted by Gasteiger charge is 2.21. The molecule has 1 atom stereocenters. The minimum atomic E-state index is -0.369. The van der Waals surface area contributed by atoms with E-state index in [1.54, 1.807) is 23.1 Å². The molecule has 5 rings (SSSR count). The molecule has 2 aromatic heterocycles. The average Bonchev–Trinajstić information content (AvgIpc) is 3.44. The molecule has 8 heteroatoms. The maximum Gasteiger partial charge on any atom is 0.277 e. The van der Waals surface area contributed by atoms with Crippen LogP contribution in [0.1, 0.15) is 10.5 Å². The summed E-state index contributed by atoms with van der Waals surface area (Å²) in [6.45, 7) is 0.923.